The van der Waals surface area contributed by atoms with Gasteiger partial charge in [0.1, 0.15) is 0 Å². The van der Waals surface area contributed by atoms with Gasteiger partial charge in [-0.15, -0.1) is 0 Å². The van der Waals surface area contributed by atoms with Crippen LogP contribution in [-0.2, 0) is 21.2 Å². The third kappa shape index (κ3) is 4.45. The van der Waals surface area contributed by atoms with E-state index in [-0.39, 0.29) is 4.90 Å². The zero-order valence-electron chi connectivity index (χ0n) is 9.02. The van der Waals surface area contributed by atoms with E-state index < -0.39 is 22.5 Å². The highest BCUT2D eigenvalue weighted by molar-refractivity contribution is 9.09. The molecule has 0 radical (unpaired) electrons. The van der Waals surface area contributed by atoms with E-state index in [1.807, 2.05) is 0 Å². The number of rotatable bonds is 6. The largest absolute Gasteiger partial charge is 0.369 e. The number of benzene rings is 1. The van der Waals surface area contributed by atoms with E-state index in [1.54, 1.807) is 12.1 Å². The molecule has 1 rings (SSSR count). The summed E-state index contributed by atoms with van der Waals surface area (Å²) in [5.41, 5.74) is 5.91. The number of aryl methyl sites for hydroxylation is 1. The molecule has 17 heavy (non-hydrogen) atoms. The highest BCUT2D eigenvalue weighted by Crippen LogP contribution is 2.11. The van der Waals surface area contributed by atoms with Gasteiger partial charge in [-0.1, -0.05) is 28.1 Å². The zero-order chi connectivity index (χ0) is 12.9. The van der Waals surface area contributed by atoms with Crippen LogP contribution in [0.25, 0.3) is 0 Å². The molecule has 1 aromatic carbocycles. The first-order chi connectivity index (χ1) is 7.95. The van der Waals surface area contributed by atoms with Crippen molar-refractivity contribution in [1.82, 2.24) is 4.72 Å². The summed E-state index contributed by atoms with van der Waals surface area (Å²) in [5.74, 6) is -0.718. The van der Waals surface area contributed by atoms with E-state index in [0.717, 1.165) is 17.3 Å². The monoisotopic (exact) mass is 320 g/mol. The molecule has 0 heterocycles. The fourth-order valence-electron chi connectivity index (χ4n) is 1.19. The number of amides is 1. The van der Waals surface area contributed by atoms with Gasteiger partial charge in [0, 0.05) is 5.33 Å². The van der Waals surface area contributed by atoms with E-state index >= 15 is 0 Å². The third-order valence-corrected chi connectivity index (χ3v) is 3.87. The standard InChI is InChI=1S/C10H13BrN2O3S/c11-6-5-8-1-3-9(4-2-8)17(15,16)13-7-10(12)14/h1-4,13H,5-7H2,(H2,12,14). The number of sulfonamides is 1. The molecule has 0 aliphatic rings. The molecule has 7 heteroatoms. The number of carbonyl (C=O) groups excluding carboxylic acids is 1. The second-order valence-electron chi connectivity index (χ2n) is 3.37. The van der Waals surface area contributed by atoms with E-state index in [1.165, 1.54) is 12.1 Å². The van der Waals surface area contributed by atoms with Crippen molar-refractivity contribution in [3.05, 3.63) is 29.8 Å². The lowest BCUT2D eigenvalue weighted by atomic mass is 10.2. The third-order valence-electron chi connectivity index (χ3n) is 2.05. The van der Waals surface area contributed by atoms with Crippen LogP contribution in [0.2, 0.25) is 0 Å². The Labute approximate surface area is 109 Å². The minimum absolute atomic E-state index is 0.122. The van der Waals surface area contributed by atoms with Crippen molar-refractivity contribution >= 4 is 31.9 Å². The molecule has 5 nitrogen and oxygen atoms in total. The highest BCUT2D eigenvalue weighted by Gasteiger charge is 2.13. The molecular formula is C10H13BrN2O3S. The number of halogens is 1. The second kappa shape index (κ2) is 6.13. The molecule has 0 atom stereocenters. The molecule has 0 unspecified atom stereocenters. The number of alkyl halides is 1. The molecule has 0 spiro atoms. The molecule has 1 aromatic rings. The maximum atomic E-state index is 11.7. The molecule has 0 saturated carbocycles. The van der Waals surface area contributed by atoms with Crippen molar-refractivity contribution in [1.29, 1.82) is 0 Å². The van der Waals surface area contributed by atoms with Crippen molar-refractivity contribution in [2.24, 2.45) is 5.73 Å². The molecule has 0 saturated heterocycles. The first kappa shape index (κ1) is 14.1. The quantitative estimate of drug-likeness (QED) is 0.743. The molecule has 1 amide bonds. The van der Waals surface area contributed by atoms with Crippen LogP contribution >= 0.6 is 15.9 Å². The summed E-state index contributed by atoms with van der Waals surface area (Å²) in [5, 5.41) is 0.818. The topological polar surface area (TPSA) is 89.3 Å². The van der Waals surface area contributed by atoms with Gasteiger partial charge in [-0.2, -0.15) is 0 Å². The lowest BCUT2D eigenvalue weighted by molar-refractivity contribution is -0.116. The predicted molar refractivity (Wildman–Crippen MR) is 68.3 cm³/mol. The van der Waals surface area contributed by atoms with Crippen LogP contribution in [0.4, 0.5) is 0 Å². The summed E-state index contributed by atoms with van der Waals surface area (Å²) in [6.45, 7) is -0.397. The molecular weight excluding hydrogens is 308 g/mol. The summed E-state index contributed by atoms with van der Waals surface area (Å²) in [7, 11) is -3.65. The maximum Gasteiger partial charge on any atom is 0.241 e. The number of carbonyl (C=O) groups is 1. The smallest absolute Gasteiger partial charge is 0.241 e. The number of hydrogen-bond acceptors (Lipinski definition) is 3. The number of primary amides is 1. The minimum atomic E-state index is -3.65. The second-order valence-corrected chi connectivity index (χ2v) is 5.93. The Hall–Kier alpha value is -0.920. The Morgan fingerprint density at radius 2 is 1.88 bits per heavy atom. The van der Waals surface area contributed by atoms with Gasteiger partial charge in [0.2, 0.25) is 15.9 Å². The first-order valence-corrected chi connectivity index (χ1v) is 7.49. The number of hydrogen-bond donors (Lipinski definition) is 2. The highest BCUT2D eigenvalue weighted by atomic mass is 79.9. The lowest BCUT2D eigenvalue weighted by Gasteiger charge is -2.05. The molecule has 0 fully saturated rings. The molecule has 0 aliphatic heterocycles. The van der Waals surface area contributed by atoms with Crippen LogP contribution in [0, 0.1) is 0 Å². The van der Waals surface area contributed by atoms with Crippen molar-refractivity contribution in [2.75, 3.05) is 11.9 Å². The Kier molecular flexibility index (Phi) is 5.10. The molecule has 0 bridgehead atoms. The van der Waals surface area contributed by atoms with Crippen molar-refractivity contribution < 1.29 is 13.2 Å². The van der Waals surface area contributed by atoms with E-state index in [2.05, 4.69) is 20.7 Å². The van der Waals surface area contributed by atoms with Gasteiger partial charge in [0.05, 0.1) is 11.4 Å². The molecule has 0 aromatic heterocycles. The van der Waals surface area contributed by atoms with Crippen LogP contribution in [0.1, 0.15) is 5.56 Å². The Morgan fingerprint density at radius 3 is 2.35 bits per heavy atom. The van der Waals surface area contributed by atoms with Crippen molar-refractivity contribution in [2.45, 2.75) is 11.3 Å². The summed E-state index contributed by atoms with van der Waals surface area (Å²) in [4.78, 5) is 10.6. The average molecular weight is 321 g/mol. The van der Waals surface area contributed by atoms with E-state index in [0.29, 0.717) is 0 Å². The summed E-state index contributed by atoms with van der Waals surface area (Å²) >= 11 is 3.30. The fraction of sp³-hybridized carbons (Fsp3) is 0.300. The van der Waals surface area contributed by atoms with Crippen LogP contribution in [0.3, 0.4) is 0 Å². The first-order valence-electron chi connectivity index (χ1n) is 4.88. The summed E-state index contributed by atoms with van der Waals surface area (Å²) in [6, 6.07) is 6.48. The van der Waals surface area contributed by atoms with Gasteiger partial charge in [-0.3, -0.25) is 4.79 Å². The summed E-state index contributed by atoms with van der Waals surface area (Å²) in [6.07, 6.45) is 0.828. The SMILES string of the molecule is NC(=O)CNS(=O)(=O)c1ccc(CCBr)cc1. The Balaban J connectivity index is 2.81. The van der Waals surface area contributed by atoms with Crippen LogP contribution in [-0.4, -0.2) is 26.2 Å². The average Bonchev–Trinajstić information content (AvgIpc) is 2.28. The van der Waals surface area contributed by atoms with Gasteiger partial charge in [-0.05, 0) is 24.1 Å². The van der Waals surface area contributed by atoms with Crippen molar-refractivity contribution in [3.8, 4) is 0 Å². The van der Waals surface area contributed by atoms with Crippen LogP contribution in [0.15, 0.2) is 29.2 Å². The van der Waals surface area contributed by atoms with Crippen molar-refractivity contribution in [3.63, 3.8) is 0 Å². The molecule has 94 valence electrons. The minimum Gasteiger partial charge on any atom is -0.369 e. The maximum absolute atomic E-state index is 11.7. The normalized spacial score (nSPS) is 11.4. The number of nitrogens with one attached hydrogen (secondary N) is 1. The van der Waals surface area contributed by atoms with Crippen LogP contribution in [0.5, 0.6) is 0 Å². The van der Waals surface area contributed by atoms with Gasteiger partial charge in [0.15, 0.2) is 0 Å². The van der Waals surface area contributed by atoms with Gasteiger partial charge >= 0.3 is 0 Å². The van der Waals surface area contributed by atoms with Gasteiger partial charge < -0.3 is 5.73 Å². The molecule has 0 aliphatic carbocycles. The molecule has 3 N–H and O–H groups in total. The Morgan fingerprint density at radius 1 is 1.29 bits per heavy atom. The van der Waals surface area contributed by atoms with E-state index in [4.69, 9.17) is 5.73 Å². The van der Waals surface area contributed by atoms with Crippen LogP contribution < -0.4 is 10.5 Å². The predicted octanol–water partition coefficient (Wildman–Crippen LogP) is 0.388. The van der Waals surface area contributed by atoms with Gasteiger partial charge in [0.25, 0.3) is 0 Å². The van der Waals surface area contributed by atoms with E-state index in [9.17, 15) is 13.2 Å². The van der Waals surface area contributed by atoms with Gasteiger partial charge in [-0.25, -0.2) is 13.1 Å². The lowest BCUT2D eigenvalue weighted by Crippen LogP contribution is -2.33. The summed E-state index contributed by atoms with van der Waals surface area (Å²) < 4.78 is 25.5. The Bertz CT molecular complexity index is 485. The fourth-order valence-corrected chi connectivity index (χ4v) is 2.65. The zero-order valence-corrected chi connectivity index (χ0v) is 11.4. The number of nitrogens with two attached hydrogens (primary N) is 1.